The molecule has 0 radical (unpaired) electrons. The fourth-order valence-electron chi connectivity index (χ4n) is 1.46. The van der Waals surface area contributed by atoms with E-state index < -0.39 is 10.0 Å². The van der Waals surface area contributed by atoms with Gasteiger partial charge in [-0.3, -0.25) is 0 Å². The molecule has 4 nitrogen and oxygen atoms in total. The van der Waals surface area contributed by atoms with E-state index >= 15 is 0 Å². The standard InChI is InChI=1S/C9H12N2O2S2/c10-7-5-9(14-6-7)15(12,13)11-8-3-1-2-4-8/h1-2,5-6,8,11H,3-4,10H2. The van der Waals surface area contributed by atoms with Gasteiger partial charge in [-0.15, -0.1) is 11.3 Å². The maximum absolute atomic E-state index is 11.8. The van der Waals surface area contributed by atoms with E-state index in [9.17, 15) is 8.42 Å². The van der Waals surface area contributed by atoms with Crippen LogP contribution in [0.25, 0.3) is 0 Å². The zero-order valence-corrected chi connectivity index (χ0v) is 9.64. The maximum Gasteiger partial charge on any atom is 0.250 e. The van der Waals surface area contributed by atoms with Crippen LogP contribution in [0, 0.1) is 0 Å². The second kappa shape index (κ2) is 3.96. The Morgan fingerprint density at radius 3 is 2.60 bits per heavy atom. The van der Waals surface area contributed by atoms with Crippen molar-refractivity contribution >= 4 is 27.0 Å². The molecule has 1 aromatic heterocycles. The van der Waals surface area contributed by atoms with Crippen molar-refractivity contribution in [2.24, 2.45) is 0 Å². The van der Waals surface area contributed by atoms with Gasteiger partial charge in [0.05, 0.1) is 0 Å². The second-order valence-corrected chi connectivity index (χ2v) is 6.31. The third-order valence-electron chi connectivity index (χ3n) is 2.19. The first kappa shape index (κ1) is 10.7. The number of thiophene rings is 1. The SMILES string of the molecule is Nc1csc(S(=O)(=O)NC2CC=CC2)c1. The lowest BCUT2D eigenvalue weighted by molar-refractivity contribution is 0.559. The van der Waals surface area contributed by atoms with Gasteiger partial charge in [0.15, 0.2) is 0 Å². The first-order valence-corrected chi connectivity index (χ1v) is 6.95. The number of nitrogens with two attached hydrogens (primary N) is 1. The molecule has 0 amide bonds. The van der Waals surface area contributed by atoms with Crippen LogP contribution in [0.2, 0.25) is 0 Å². The minimum Gasteiger partial charge on any atom is -0.398 e. The summed E-state index contributed by atoms with van der Waals surface area (Å²) in [6, 6.07) is 1.48. The summed E-state index contributed by atoms with van der Waals surface area (Å²) >= 11 is 1.14. The van der Waals surface area contributed by atoms with Crippen molar-refractivity contribution in [3.63, 3.8) is 0 Å². The first-order chi connectivity index (χ1) is 7.08. The number of nitrogen functional groups attached to an aromatic ring is 1. The maximum atomic E-state index is 11.8. The Balaban J connectivity index is 2.13. The van der Waals surface area contributed by atoms with Crippen LogP contribution in [0.3, 0.4) is 0 Å². The number of anilines is 1. The molecule has 0 fully saturated rings. The Bertz CT molecular complexity index is 468. The minimum absolute atomic E-state index is 0.00155. The molecule has 2 rings (SSSR count). The van der Waals surface area contributed by atoms with Crippen molar-refractivity contribution in [2.45, 2.75) is 23.1 Å². The van der Waals surface area contributed by atoms with E-state index in [1.807, 2.05) is 12.2 Å². The largest absolute Gasteiger partial charge is 0.398 e. The molecule has 1 aromatic rings. The summed E-state index contributed by atoms with van der Waals surface area (Å²) in [6.07, 6.45) is 5.49. The summed E-state index contributed by atoms with van der Waals surface area (Å²) in [4.78, 5) is 0. The molecule has 0 saturated heterocycles. The molecule has 1 heterocycles. The molecule has 0 aliphatic heterocycles. The molecule has 1 aliphatic rings. The van der Waals surface area contributed by atoms with E-state index in [4.69, 9.17) is 5.73 Å². The fraction of sp³-hybridized carbons (Fsp3) is 0.333. The Morgan fingerprint density at radius 1 is 1.40 bits per heavy atom. The Kier molecular flexibility index (Phi) is 2.81. The van der Waals surface area contributed by atoms with Crippen LogP contribution in [0.15, 0.2) is 27.8 Å². The molecular formula is C9H12N2O2S2. The van der Waals surface area contributed by atoms with Gasteiger partial charge in [0.2, 0.25) is 10.0 Å². The van der Waals surface area contributed by atoms with Crippen LogP contribution in [0.4, 0.5) is 5.69 Å². The number of hydrogen-bond acceptors (Lipinski definition) is 4. The van der Waals surface area contributed by atoms with Crippen molar-refractivity contribution in [3.8, 4) is 0 Å². The molecule has 0 bridgehead atoms. The van der Waals surface area contributed by atoms with Gasteiger partial charge in [-0.2, -0.15) is 0 Å². The van der Waals surface area contributed by atoms with Crippen molar-refractivity contribution in [2.75, 3.05) is 5.73 Å². The summed E-state index contributed by atoms with van der Waals surface area (Å²) < 4.78 is 26.6. The second-order valence-electron chi connectivity index (χ2n) is 3.46. The fourth-order valence-corrected chi connectivity index (χ4v) is 3.82. The van der Waals surface area contributed by atoms with Crippen molar-refractivity contribution in [1.82, 2.24) is 4.72 Å². The summed E-state index contributed by atoms with van der Waals surface area (Å²) in [6.45, 7) is 0. The Morgan fingerprint density at radius 2 is 2.07 bits per heavy atom. The van der Waals surface area contributed by atoms with Gasteiger partial charge in [0, 0.05) is 17.1 Å². The van der Waals surface area contributed by atoms with Crippen LogP contribution < -0.4 is 10.5 Å². The highest BCUT2D eigenvalue weighted by Crippen LogP contribution is 2.22. The van der Waals surface area contributed by atoms with Crippen molar-refractivity contribution < 1.29 is 8.42 Å². The molecule has 82 valence electrons. The molecule has 0 spiro atoms. The van der Waals surface area contributed by atoms with Crippen LogP contribution in [0.5, 0.6) is 0 Å². The highest BCUT2D eigenvalue weighted by molar-refractivity contribution is 7.91. The van der Waals surface area contributed by atoms with Crippen LogP contribution in [0.1, 0.15) is 12.8 Å². The summed E-state index contributed by atoms with van der Waals surface area (Å²) in [5.74, 6) is 0. The lowest BCUT2D eigenvalue weighted by atomic mass is 10.3. The number of sulfonamides is 1. The van der Waals surface area contributed by atoms with Gasteiger partial charge in [0.1, 0.15) is 4.21 Å². The molecule has 6 heteroatoms. The molecule has 3 N–H and O–H groups in total. The zero-order valence-electron chi connectivity index (χ0n) is 8.01. The first-order valence-electron chi connectivity index (χ1n) is 4.59. The lowest BCUT2D eigenvalue weighted by Crippen LogP contribution is -2.32. The Hall–Kier alpha value is -0.850. The molecule has 1 aliphatic carbocycles. The number of hydrogen-bond donors (Lipinski definition) is 2. The van der Waals surface area contributed by atoms with E-state index in [1.165, 1.54) is 6.07 Å². The topological polar surface area (TPSA) is 72.2 Å². The van der Waals surface area contributed by atoms with Gasteiger partial charge in [-0.1, -0.05) is 12.2 Å². The number of nitrogens with one attached hydrogen (secondary N) is 1. The van der Waals surface area contributed by atoms with Gasteiger partial charge in [0.25, 0.3) is 0 Å². The van der Waals surface area contributed by atoms with Crippen LogP contribution in [-0.2, 0) is 10.0 Å². The summed E-state index contributed by atoms with van der Waals surface area (Å²) in [5.41, 5.74) is 5.98. The van der Waals surface area contributed by atoms with Gasteiger partial charge < -0.3 is 5.73 Å². The molecule has 0 atom stereocenters. The zero-order chi connectivity index (χ0) is 10.9. The third kappa shape index (κ3) is 2.39. The van der Waals surface area contributed by atoms with Gasteiger partial charge in [-0.25, -0.2) is 13.1 Å². The molecule has 0 saturated carbocycles. The smallest absolute Gasteiger partial charge is 0.250 e. The third-order valence-corrected chi connectivity index (χ3v) is 5.17. The van der Waals surface area contributed by atoms with E-state index in [0.29, 0.717) is 5.69 Å². The highest BCUT2D eigenvalue weighted by Gasteiger charge is 2.21. The quantitative estimate of drug-likeness (QED) is 0.788. The van der Waals surface area contributed by atoms with E-state index in [-0.39, 0.29) is 10.3 Å². The normalized spacial score (nSPS) is 17.3. The molecule has 15 heavy (non-hydrogen) atoms. The Labute approximate surface area is 92.9 Å². The molecule has 0 aromatic carbocycles. The van der Waals surface area contributed by atoms with Gasteiger partial charge >= 0.3 is 0 Å². The lowest BCUT2D eigenvalue weighted by Gasteiger charge is -2.10. The van der Waals surface area contributed by atoms with E-state index in [1.54, 1.807) is 5.38 Å². The van der Waals surface area contributed by atoms with Gasteiger partial charge in [-0.05, 0) is 18.9 Å². The average molecular weight is 244 g/mol. The minimum atomic E-state index is -3.37. The monoisotopic (exact) mass is 244 g/mol. The van der Waals surface area contributed by atoms with Crippen molar-refractivity contribution in [3.05, 3.63) is 23.6 Å². The molecular weight excluding hydrogens is 232 g/mol. The average Bonchev–Trinajstić information content (AvgIpc) is 2.75. The van der Waals surface area contributed by atoms with Crippen LogP contribution >= 0.6 is 11.3 Å². The predicted octanol–water partition coefficient (Wildman–Crippen LogP) is 1.33. The van der Waals surface area contributed by atoms with E-state index in [0.717, 1.165) is 24.2 Å². The summed E-state index contributed by atoms with van der Waals surface area (Å²) in [7, 11) is -3.37. The number of rotatable bonds is 3. The molecule has 0 unspecified atom stereocenters. The van der Waals surface area contributed by atoms with E-state index in [2.05, 4.69) is 4.72 Å². The van der Waals surface area contributed by atoms with Crippen molar-refractivity contribution in [1.29, 1.82) is 0 Å². The predicted molar refractivity (Wildman–Crippen MR) is 61.2 cm³/mol. The highest BCUT2D eigenvalue weighted by atomic mass is 32.2. The summed E-state index contributed by atoms with van der Waals surface area (Å²) in [5, 5.41) is 1.63. The van der Waals surface area contributed by atoms with Crippen LogP contribution in [-0.4, -0.2) is 14.5 Å².